The highest BCUT2D eigenvalue weighted by Crippen LogP contribution is 2.44. The van der Waals surface area contributed by atoms with Crippen molar-refractivity contribution in [1.29, 1.82) is 0 Å². The van der Waals surface area contributed by atoms with Crippen molar-refractivity contribution >= 4 is 38.9 Å². The Bertz CT molecular complexity index is 2900. The number of para-hydroxylation sites is 4. The Kier molecular flexibility index (Phi) is 8.43. The van der Waals surface area contributed by atoms with Gasteiger partial charge in [-0.1, -0.05) is 170 Å². The molecule has 0 saturated heterocycles. The summed E-state index contributed by atoms with van der Waals surface area (Å²) in [6.07, 6.45) is 0. The molecule has 0 saturated carbocycles. The van der Waals surface area contributed by atoms with Crippen molar-refractivity contribution in [2.24, 2.45) is 0 Å². The molecule has 0 aliphatic heterocycles. The maximum absolute atomic E-state index is 5.31. The molecule has 0 amide bonds. The SMILES string of the molecule is c1ccc(-c2ccc(N(c3ccccc3)c3ccccc3-c3ccccc3-c3nc(-c4ccccc4)nc(-n4c5ccccc5c5ccccc54)n3)cc2)cc1. The van der Waals surface area contributed by atoms with Gasteiger partial charge in [-0.25, -0.2) is 4.98 Å². The number of aromatic nitrogens is 4. The highest BCUT2D eigenvalue weighted by atomic mass is 15.2. The zero-order chi connectivity index (χ0) is 37.3. The summed E-state index contributed by atoms with van der Waals surface area (Å²) in [5, 5.41) is 2.30. The summed E-state index contributed by atoms with van der Waals surface area (Å²) in [4.78, 5) is 18.0. The lowest BCUT2D eigenvalue weighted by Crippen LogP contribution is -2.11. The lowest BCUT2D eigenvalue weighted by molar-refractivity contribution is 0.953. The first-order chi connectivity index (χ1) is 27.8. The Labute approximate surface area is 325 Å². The van der Waals surface area contributed by atoms with E-state index < -0.39 is 0 Å². The van der Waals surface area contributed by atoms with Crippen LogP contribution in [0.25, 0.3) is 72.8 Å². The topological polar surface area (TPSA) is 46.8 Å². The van der Waals surface area contributed by atoms with Gasteiger partial charge in [0.25, 0.3) is 0 Å². The van der Waals surface area contributed by atoms with Gasteiger partial charge in [0.2, 0.25) is 5.95 Å². The van der Waals surface area contributed by atoms with Crippen molar-refractivity contribution in [2.75, 3.05) is 4.90 Å². The molecule has 5 nitrogen and oxygen atoms in total. The Morgan fingerprint density at radius 3 is 1.45 bits per heavy atom. The van der Waals surface area contributed by atoms with Crippen LogP contribution in [0.1, 0.15) is 0 Å². The first-order valence-corrected chi connectivity index (χ1v) is 18.8. The van der Waals surface area contributed by atoms with Gasteiger partial charge >= 0.3 is 0 Å². The maximum atomic E-state index is 5.31. The van der Waals surface area contributed by atoms with Gasteiger partial charge < -0.3 is 4.90 Å². The second-order valence-electron chi connectivity index (χ2n) is 13.7. The summed E-state index contributed by atoms with van der Waals surface area (Å²) in [5.41, 5.74) is 11.5. The smallest absolute Gasteiger partial charge is 0.238 e. The molecule has 8 aromatic carbocycles. The number of benzene rings is 8. The van der Waals surface area contributed by atoms with Gasteiger partial charge in [-0.2, -0.15) is 9.97 Å². The van der Waals surface area contributed by atoms with Gasteiger partial charge in [-0.3, -0.25) is 4.57 Å². The second-order valence-corrected chi connectivity index (χ2v) is 13.7. The standard InChI is InChI=1S/C51H35N5/c1-4-18-36(19-5-1)37-32-34-40(35-33-37)55(39-22-8-3-9-23-39)46-29-15-12-25-42(46)41-24-10-11-28-45(41)50-52-49(38-20-6-2-7-21-38)53-51(54-50)56-47-30-16-13-26-43(47)44-27-14-17-31-48(44)56/h1-35H. The molecule has 2 heterocycles. The van der Waals surface area contributed by atoms with Crippen LogP contribution in [0.15, 0.2) is 212 Å². The van der Waals surface area contributed by atoms with E-state index in [1.807, 2.05) is 18.2 Å². The minimum Gasteiger partial charge on any atom is -0.310 e. The van der Waals surface area contributed by atoms with Crippen LogP contribution in [0.2, 0.25) is 0 Å². The molecular weight excluding hydrogens is 683 g/mol. The third kappa shape index (κ3) is 5.98. The first kappa shape index (κ1) is 33.0. The maximum Gasteiger partial charge on any atom is 0.238 e. The molecule has 0 unspecified atom stereocenters. The number of hydrogen-bond donors (Lipinski definition) is 0. The van der Waals surface area contributed by atoms with E-state index >= 15 is 0 Å². The predicted octanol–water partition coefficient (Wildman–Crippen LogP) is 13.1. The number of nitrogens with zero attached hydrogens (tertiary/aromatic N) is 5. The number of rotatable bonds is 8. The van der Waals surface area contributed by atoms with Crippen LogP contribution >= 0.6 is 0 Å². The summed E-state index contributed by atoms with van der Waals surface area (Å²) < 4.78 is 2.16. The van der Waals surface area contributed by atoms with Gasteiger partial charge in [0.05, 0.1) is 16.7 Å². The van der Waals surface area contributed by atoms with Crippen LogP contribution in [-0.2, 0) is 0 Å². The molecule has 0 aliphatic rings. The van der Waals surface area contributed by atoms with Crippen LogP contribution < -0.4 is 4.90 Å². The van der Waals surface area contributed by atoms with E-state index in [9.17, 15) is 0 Å². The van der Waals surface area contributed by atoms with Gasteiger partial charge in [0.1, 0.15) is 0 Å². The van der Waals surface area contributed by atoms with Gasteiger partial charge in [-0.15, -0.1) is 0 Å². The Morgan fingerprint density at radius 1 is 0.321 bits per heavy atom. The third-order valence-corrected chi connectivity index (χ3v) is 10.3. The van der Waals surface area contributed by atoms with Crippen LogP contribution in [-0.4, -0.2) is 19.5 Å². The summed E-state index contributed by atoms with van der Waals surface area (Å²) >= 11 is 0. The van der Waals surface area contributed by atoms with Crippen molar-refractivity contribution in [3.8, 4) is 51.0 Å². The van der Waals surface area contributed by atoms with Crippen LogP contribution in [0.4, 0.5) is 17.1 Å². The van der Waals surface area contributed by atoms with E-state index in [1.165, 1.54) is 11.1 Å². The van der Waals surface area contributed by atoms with E-state index in [2.05, 4.69) is 204 Å². The Hall–Kier alpha value is -7.63. The van der Waals surface area contributed by atoms with Crippen LogP contribution in [0, 0.1) is 0 Å². The highest BCUT2D eigenvalue weighted by molar-refractivity contribution is 6.09. The Balaban J connectivity index is 1.17. The molecule has 5 heteroatoms. The van der Waals surface area contributed by atoms with Crippen molar-refractivity contribution in [2.45, 2.75) is 0 Å². The Morgan fingerprint density at radius 2 is 0.786 bits per heavy atom. The van der Waals surface area contributed by atoms with E-state index in [0.717, 1.165) is 61.1 Å². The summed E-state index contributed by atoms with van der Waals surface area (Å²) in [5.74, 6) is 1.78. The minimum atomic E-state index is 0.568. The molecule has 0 atom stereocenters. The molecule has 0 N–H and O–H groups in total. The zero-order valence-electron chi connectivity index (χ0n) is 30.4. The first-order valence-electron chi connectivity index (χ1n) is 18.8. The molecule has 0 radical (unpaired) electrons. The molecule has 0 spiro atoms. The highest BCUT2D eigenvalue weighted by Gasteiger charge is 2.22. The quantitative estimate of drug-likeness (QED) is 0.157. The third-order valence-electron chi connectivity index (χ3n) is 10.3. The van der Waals surface area contributed by atoms with Gasteiger partial charge in [0.15, 0.2) is 11.6 Å². The molecular formula is C51H35N5. The molecule has 0 fully saturated rings. The molecule has 0 aliphatic carbocycles. The molecule has 56 heavy (non-hydrogen) atoms. The van der Waals surface area contributed by atoms with Gasteiger partial charge in [-0.05, 0) is 59.2 Å². The minimum absolute atomic E-state index is 0.568. The zero-order valence-corrected chi connectivity index (χ0v) is 30.4. The predicted molar refractivity (Wildman–Crippen MR) is 231 cm³/mol. The monoisotopic (exact) mass is 717 g/mol. The largest absolute Gasteiger partial charge is 0.310 e. The molecule has 10 aromatic rings. The normalized spacial score (nSPS) is 11.2. The summed E-state index contributed by atoms with van der Waals surface area (Å²) in [6.45, 7) is 0. The number of hydrogen-bond acceptors (Lipinski definition) is 4. The molecule has 10 rings (SSSR count). The molecule has 2 aromatic heterocycles. The second kappa shape index (κ2) is 14.3. The van der Waals surface area contributed by atoms with Crippen LogP contribution in [0.3, 0.4) is 0 Å². The lowest BCUT2D eigenvalue weighted by Gasteiger charge is -2.28. The van der Waals surface area contributed by atoms with Crippen molar-refractivity contribution < 1.29 is 0 Å². The van der Waals surface area contributed by atoms with E-state index in [0.29, 0.717) is 17.6 Å². The van der Waals surface area contributed by atoms with E-state index in [4.69, 9.17) is 15.0 Å². The summed E-state index contributed by atoms with van der Waals surface area (Å²) in [6, 6.07) is 73.9. The number of anilines is 3. The fourth-order valence-electron chi connectivity index (χ4n) is 7.69. The van der Waals surface area contributed by atoms with E-state index in [1.54, 1.807) is 0 Å². The number of fused-ring (bicyclic) bond motifs is 3. The van der Waals surface area contributed by atoms with Crippen molar-refractivity contribution in [1.82, 2.24) is 19.5 Å². The van der Waals surface area contributed by atoms with Crippen LogP contribution in [0.5, 0.6) is 0 Å². The molecule has 0 bridgehead atoms. The lowest BCUT2D eigenvalue weighted by atomic mass is 9.96. The fourth-order valence-corrected chi connectivity index (χ4v) is 7.69. The van der Waals surface area contributed by atoms with Crippen molar-refractivity contribution in [3.63, 3.8) is 0 Å². The average molecular weight is 718 g/mol. The van der Waals surface area contributed by atoms with Crippen molar-refractivity contribution in [3.05, 3.63) is 212 Å². The van der Waals surface area contributed by atoms with Gasteiger partial charge in [0, 0.05) is 38.8 Å². The fraction of sp³-hybridized carbons (Fsp3) is 0. The average Bonchev–Trinajstić information content (AvgIpc) is 3.62. The summed E-state index contributed by atoms with van der Waals surface area (Å²) in [7, 11) is 0. The molecule has 264 valence electrons. The van der Waals surface area contributed by atoms with E-state index in [-0.39, 0.29) is 0 Å².